The van der Waals surface area contributed by atoms with Gasteiger partial charge in [0, 0.05) is 24.2 Å². The number of nitriles is 1. The molecule has 0 aliphatic rings. The average molecular weight is 252 g/mol. The van der Waals surface area contributed by atoms with Crippen molar-refractivity contribution in [2.24, 2.45) is 7.05 Å². The van der Waals surface area contributed by atoms with E-state index < -0.39 is 0 Å². The van der Waals surface area contributed by atoms with Crippen LogP contribution in [0.1, 0.15) is 5.69 Å². The second kappa shape index (κ2) is 4.18. The molecule has 0 aliphatic carbocycles. The van der Waals surface area contributed by atoms with Crippen LogP contribution in [0.25, 0.3) is 22.2 Å². The van der Waals surface area contributed by atoms with Crippen LogP contribution < -0.4 is 0 Å². The van der Waals surface area contributed by atoms with Gasteiger partial charge in [-0.05, 0) is 18.2 Å². The van der Waals surface area contributed by atoms with Crippen molar-refractivity contribution in [2.75, 3.05) is 0 Å². The van der Waals surface area contributed by atoms with Crippen LogP contribution in [0.3, 0.4) is 0 Å². The van der Waals surface area contributed by atoms with E-state index in [0.29, 0.717) is 22.5 Å². The van der Waals surface area contributed by atoms with E-state index in [1.54, 1.807) is 36.1 Å². The molecule has 92 valence electrons. The Bertz CT molecular complexity index is 814. The Morgan fingerprint density at radius 3 is 2.89 bits per heavy atom. The number of hydrogen-bond acceptors (Lipinski definition) is 3. The number of fused-ring (bicyclic) bond motifs is 1. The second-order valence-corrected chi connectivity index (χ2v) is 4.15. The Morgan fingerprint density at radius 2 is 2.16 bits per heavy atom. The molecule has 0 saturated heterocycles. The first-order chi connectivity index (χ1) is 9.20. The molecule has 0 radical (unpaired) electrons. The van der Waals surface area contributed by atoms with Crippen molar-refractivity contribution in [1.82, 2.24) is 14.8 Å². The van der Waals surface area contributed by atoms with Gasteiger partial charge in [0.25, 0.3) is 0 Å². The Balaban J connectivity index is 2.36. The highest BCUT2D eigenvalue weighted by Gasteiger charge is 2.14. The summed E-state index contributed by atoms with van der Waals surface area (Å²) in [5, 5.41) is 14.2. The van der Waals surface area contributed by atoms with Crippen LogP contribution in [-0.2, 0) is 7.05 Å². The Hall–Kier alpha value is -2.74. The van der Waals surface area contributed by atoms with Gasteiger partial charge in [-0.15, -0.1) is 0 Å². The summed E-state index contributed by atoms with van der Waals surface area (Å²) in [5.41, 5.74) is 2.30. The summed E-state index contributed by atoms with van der Waals surface area (Å²) in [7, 11) is 1.74. The van der Waals surface area contributed by atoms with Crippen molar-refractivity contribution in [2.45, 2.75) is 0 Å². The van der Waals surface area contributed by atoms with Gasteiger partial charge in [0.05, 0.1) is 0 Å². The van der Waals surface area contributed by atoms with Crippen LogP contribution in [0, 0.1) is 17.1 Å². The van der Waals surface area contributed by atoms with Gasteiger partial charge >= 0.3 is 0 Å². The molecule has 0 bridgehead atoms. The molecule has 19 heavy (non-hydrogen) atoms. The first-order valence-electron chi connectivity index (χ1n) is 5.68. The fourth-order valence-electron chi connectivity index (χ4n) is 2.16. The van der Waals surface area contributed by atoms with Crippen molar-refractivity contribution in [3.8, 4) is 17.3 Å². The van der Waals surface area contributed by atoms with Gasteiger partial charge in [0.2, 0.25) is 0 Å². The van der Waals surface area contributed by atoms with E-state index in [1.807, 2.05) is 6.07 Å². The normalized spacial score (nSPS) is 10.6. The molecule has 0 aliphatic heterocycles. The van der Waals surface area contributed by atoms with Gasteiger partial charge in [0.1, 0.15) is 23.1 Å². The van der Waals surface area contributed by atoms with Gasteiger partial charge < -0.3 is 0 Å². The molecule has 0 amide bonds. The van der Waals surface area contributed by atoms with E-state index in [1.165, 1.54) is 12.1 Å². The van der Waals surface area contributed by atoms with Crippen molar-refractivity contribution >= 4 is 10.9 Å². The summed E-state index contributed by atoms with van der Waals surface area (Å²) >= 11 is 0. The fourth-order valence-corrected chi connectivity index (χ4v) is 2.16. The lowest BCUT2D eigenvalue weighted by Gasteiger charge is -1.98. The van der Waals surface area contributed by atoms with E-state index >= 15 is 0 Å². The standard InChI is InChI=1S/C14H9FN4/c1-19-14-11(5-6-17-12(14)8-16)13(18-19)9-3-2-4-10(15)7-9/h2-7H,1H3. The number of pyridine rings is 1. The summed E-state index contributed by atoms with van der Waals surface area (Å²) in [6.07, 6.45) is 1.56. The Labute approximate surface area is 108 Å². The van der Waals surface area contributed by atoms with Gasteiger partial charge in [-0.1, -0.05) is 12.1 Å². The minimum Gasteiger partial charge on any atom is -0.264 e. The molecule has 3 aromatic rings. The number of nitrogens with zero attached hydrogens (tertiary/aromatic N) is 4. The number of halogens is 1. The quantitative estimate of drug-likeness (QED) is 0.669. The SMILES string of the molecule is Cn1nc(-c2cccc(F)c2)c2ccnc(C#N)c21. The number of benzene rings is 1. The molecule has 0 saturated carbocycles. The molecule has 1 aromatic carbocycles. The predicted molar refractivity (Wildman–Crippen MR) is 68.6 cm³/mol. The lowest BCUT2D eigenvalue weighted by atomic mass is 10.1. The zero-order valence-electron chi connectivity index (χ0n) is 10.1. The maximum atomic E-state index is 13.3. The van der Waals surface area contributed by atoms with Crippen LogP contribution in [0.2, 0.25) is 0 Å². The third-order valence-electron chi connectivity index (χ3n) is 2.96. The third kappa shape index (κ3) is 1.74. The highest BCUT2D eigenvalue weighted by Crippen LogP contribution is 2.28. The van der Waals surface area contributed by atoms with Crippen molar-refractivity contribution < 1.29 is 4.39 Å². The molecule has 0 spiro atoms. The average Bonchev–Trinajstić information content (AvgIpc) is 2.76. The van der Waals surface area contributed by atoms with E-state index in [0.717, 1.165) is 5.39 Å². The molecule has 5 heteroatoms. The maximum Gasteiger partial charge on any atom is 0.166 e. The predicted octanol–water partition coefficient (Wildman–Crippen LogP) is 2.65. The zero-order chi connectivity index (χ0) is 13.4. The molecule has 2 aromatic heterocycles. The molecule has 4 nitrogen and oxygen atoms in total. The highest BCUT2D eigenvalue weighted by molar-refractivity contribution is 5.95. The Kier molecular flexibility index (Phi) is 2.50. The van der Waals surface area contributed by atoms with Crippen molar-refractivity contribution in [3.63, 3.8) is 0 Å². The van der Waals surface area contributed by atoms with E-state index in [4.69, 9.17) is 5.26 Å². The molecule has 0 fully saturated rings. The molecule has 0 unspecified atom stereocenters. The second-order valence-electron chi connectivity index (χ2n) is 4.15. The number of aryl methyl sites for hydroxylation is 1. The summed E-state index contributed by atoms with van der Waals surface area (Å²) in [6.45, 7) is 0. The maximum absolute atomic E-state index is 13.3. The smallest absolute Gasteiger partial charge is 0.166 e. The first kappa shape index (κ1) is 11.4. The van der Waals surface area contributed by atoms with Gasteiger partial charge in [-0.3, -0.25) is 4.68 Å². The van der Waals surface area contributed by atoms with E-state index in [2.05, 4.69) is 10.1 Å². The van der Waals surface area contributed by atoms with Crippen LogP contribution in [-0.4, -0.2) is 14.8 Å². The summed E-state index contributed by atoms with van der Waals surface area (Å²) in [4.78, 5) is 4.01. The molecule has 0 N–H and O–H groups in total. The van der Waals surface area contributed by atoms with Crippen LogP contribution in [0.5, 0.6) is 0 Å². The number of hydrogen-bond donors (Lipinski definition) is 0. The van der Waals surface area contributed by atoms with Crippen molar-refractivity contribution in [1.29, 1.82) is 5.26 Å². The third-order valence-corrected chi connectivity index (χ3v) is 2.96. The Morgan fingerprint density at radius 1 is 1.32 bits per heavy atom. The minimum atomic E-state index is -0.314. The van der Waals surface area contributed by atoms with E-state index in [9.17, 15) is 4.39 Å². The van der Waals surface area contributed by atoms with Crippen LogP contribution >= 0.6 is 0 Å². The summed E-state index contributed by atoms with van der Waals surface area (Å²) in [6, 6.07) is 10.1. The summed E-state index contributed by atoms with van der Waals surface area (Å²) < 4.78 is 14.9. The lowest BCUT2D eigenvalue weighted by molar-refractivity contribution is 0.628. The molecular weight excluding hydrogens is 243 g/mol. The number of aromatic nitrogens is 3. The highest BCUT2D eigenvalue weighted by atomic mass is 19.1. The summed E-state index contributed by atoms with van der Waals surface area (Å²) in [5.74, 6) is -0.314. The zero-order valence-corrected chi connectivity index (χ0v) is 10.1. The topological polar surface area (TPSA) is 54.5 Å². The van der Waals surface area contributed by atoms with Crippen molar-refractivity contribution in [3.05, 3.63) is 48.0 Å². The first-order valence-corrected chi connectivity index (χ1v) is 5.68. The molecule has 0 atom stereocenters. The van der Waals surface area contributed by atoms with Crippen LogP contribution in [0.4, 0.5) is 4.39 Å². The molecule has 3 rings (SSSR count). The van der Waals surface area contributed by atoms with E-state index in [-0.39, 0.29) is 5.82 Å². The lowest BCUT2D eigenvalue weighted by Crippen LogP contribution is -1.93. The van der Waals surface area contributed by atoms with Gasteiger partial charge in [-0.2, -0.15) is 10.4 Å². The fraction of sp³-hybridized carbons (Fsp3) is 0.0714. The molecule has 2 heterocycles. The molecular formula is C14H9FN4. The van der Waals surface area contributed by atoms with Crippen LogP contribution in [0.15, 0.2) is 36.5 Å². The van der Waals surface area contributed by atoms with Gasteiger partial charge in [0.15, 0.2) is 5.69 Å². The largest absolute Gasteiger partial charge is 0.264 e. The monoisotopic (exact) mass is 252 g/mol. The van der Waals surface area contributed by atoms with Gasteiger partial charge in [-0.25, -0.2) is 9.37 Å². The number of rotatable bonds is 1. The minimum absolute atomic E-state index is 0.314.